The number of rotatable bonds is 16. The van der Waals surface area contributed by atoms with Crippen molar-refractivity contribution in [2.75, 3.05) is 40.9 Å². The van der Waals surface area contributed by atoms with Crippen molar-refractivity contribution in [3.63, 3.8) is 0 Å². The second-order valence-corrected chi connectivity index (χ2v) is 9.83. The molecule has 0 saturated carbocycles. The summed E-state index contributed by atoms with van der Waals surface area (Å²) in [5.74, 6) is 0.622. The number of amides is 1. The van der Waals surface area contributed by atoms with Crippen LogP contribution in [0.5, 0.6) is 0 Å². The number of carbonyl (C=O) groups excluding carboxylic acids is 1. The Bertz CT molecular complexity index is 539. The highest BCUT2D eigenvalue weighted by atomic mass is 16.6. The average molecular weight is 428 g/mol. The molecule has 1 amide bonds. The first-order chi connectivity index (χ1) is 14.2. The second-order valence-electron chi connectivity index (χ2n) is 9.83. The fourth-order valence-electron chi connectivity index (χ4n) is 4.70. The lowest BCUT2D eigenvalue weighted by atomic mass is 9.76. The summed E-state index contributed by atoms with van der Waals surface area (Å²) in [6.45, 7) is 8.95. The summed E-state index contributed by atoms with van der Waals surface area (Å²) in [7, 11) is 5.78. The minimum absolute atomic E-state index is 0.0420. The lowest BCUT2D eigenvalue weighted by Crippen LogP contribution is -2.52. The van der Waals surface area contributed by atoms with Crippen molar-refractivity contribution in [2.24, 2.45) is 17.6 Å². The molecule has 176 valence electrons. The third-order valence-electron chi connectivity index (χ3n) is 6.47. The zero-order valence-corrected chi connectivity index (χ0v) is 20.0. The van der Waals surface area contributed by atoms with E-state index in [0.29, 0.717) is 31.9 Å². The van der Waals surface area contributed by atoms with Crippen LogP contribution in [-0.4, -0.2) is 75.2 Å². The lowest BCUT2D eigenvalue weighted by molar-refractivity contribution is -0.122. The van der Waals surface area contributed by atoms with E-state index in [0.717, 1.165) is 38.6 Å². The normalized spacial score (nSPS) is 29.8. The van der Waals surface area contributed by atoms with Gasteiger partial charge in [0.1, 0.15) is 11.7 Å². The number of hydrogen-bond acceptors (Lipinski definition) is 6. The third kappa shape index (κ3) is 6.89. The number of hydrogen-bond donors (Lipinski definition) is 2. The molecule has 0 aromatic heterocycles. The summed E-state index contributed by atoms with van der Waals surface area (Å²) < 4.78 is 18.0. The predicted octanol–water partition coefficient (Wildman–Crippen LogP) is 2.52. The monoisotopic (exact) mass is 427 g/mol. The Labute approximate surface area is 183 Å². The first kappa shape index (κ1) is 25.5. The third-order valence-corrected chi connectivity index (χ3v) is 6.47. The maximum atomic E-state index is 12.4. The van der Waals surface area contributed by atoms with Crippen LogP contribution < -0.4 is 11.1 Å². The molecule has 2 fully saturated rings. The Morgan fingerprint density at radius 3 is 2.57 bits per heavy atom. The van der Waals surface area contributed by atoms with Crippen molar-refractivity contribution in [3.8, 4) is 0 Å². The van der Waals surface area contributed by atoms with Crippen LogP contribution in [0.25, 0.3) is 0 Å². The van der Waals surface area contributed by atoms with Gasteiger partial charge in [-0.05, 0) is 58.7 Å². The van der Waals surface area contributed by atoms with Gasteiger partial charge in [-0.15, -0.1) is 0 Å². The van der Waals surface area contributed by atoms with E-state index in [9.17, 15) is 4.79 Å². The zero-order chi connectivity index (χ0) is 22.4. The molecule has 0 spiro atoms. The van der Waals surface area contributed by atoms with Gasteiger partial charge in [0, 0.05) is 20.1 Å². The Morgan fingerprint density at radius 1 is 1.33 bits per heavy atom. The molecule has 2 heterocycles. The van der Waals surface area contributed by atoms with E-state index in [1.807, 2.05) is 14.1 Å². The van der Waals surface area contributed by atoms with E-state index in [1.165, 1.54) is 0 Å². The van der Waals surface area contributed by atoms with E-state index in [-0.39, 0.29) is 29.6 Å². The molecular weight excluding hydrogens is 382 g/mol. The van der Waals surface area contributed by atoms with E-state index >= 15 is 0 Å². The van der Waals surface area contributed by atoms with Crippen molar-refractivity contribution in [2.45, 2.75) is 89.3 Å². The topological polar surface area (TPSA) is 92.7 Å². The fourth-order valence-corrected chi connectivity index (χ4v) is 4.70. The standard InChI is InChI=1S/C23H45N3O4/c1-7-13-22(16-29-22)21(23(24)19(30-23)11-9-17(2)3)18(28-6)10-12-20(27)25-14-8-15-26(4)5/h17-19,21H,7-16,24H2,1-6H3,(H,25,27)/t18-,19-,21+,22+,23+/m1/s1. The maximum Gasteiger partial charge on any atom is 0.220 e. The molecule has 2 rings (SSSR count). The minimum Gasteiger partial charge on any atom is -0.381 e. The molecule has 2 aliphatic rings. The molecule has 3 N–H and O–H groups in total. The molecule has 0 aromatic rings. The van der Waals surface area contributed by atoms with Crippen LogP contribution in [0.4, 0.5) is 0 Å². The molecule has 5 atom stereocenters. The van der Waals surface area contributed by atoms with Gasteiger partial charge in [-0.25, -0.2) is 0 Å². The number of nitrogens with two attached hydrogens (primary N) is 1. The van der Waals surface area contributed by atoms with Gasteiger partial charge >= 0.3 is 0 Å². The van der Waals surface area contributed by atoms with E-state index in [4.69, 9.17) is 19.9 Å². The SMILES string of the molecule is CCC[C@@]1([C@H]([C@@H](CCC(=O)NCCCN(C)C)OC)[C@@]2(N)O[C@@H]2CCC(C)C)CO1. The van der Waals surface area contributed by atoms with E-state index < -0.39 is 5.72 Å². The van der Waals surface area contributed by atoms with Gasteiger partial charge in [0.05, 0.1) is 18.6 Å². The van der Waals surface area contributed by atoms with Gasteiger partial charge in [0.2, 0.25) is 5.91 Å². The highest BCUT2D eigenvalue weighted by Crippen LogP contribution is 2.55. The summed E-state index contributed by atoms with van der Waals surface area (Å²) in [4.78, 5) is 14.5. The van der Waals surface area contributed by atoms with Gasteiger partial charge in [0.25, 0.3) is 0 Å². The van der Waals surface area contributed by atoms with Gasteiger partial charge < -0.3 is 30.2 Å². The number of nitrogens with one attached hydrogen (secondary N) is 1. The molecule has 0 aromatic carbocycles. The van der Waals surface area contributed by atoms with Crippen molar-refractivity contribution >= 4 is 5.91 Å². The average Bonchev–Trinajstić information content (AvgIpc) is 3.58. The Morgan fingerprint density at radius 2 is 2.03 bits per heavy atom. The summed E-state index contributed by atoms with van der Waals surface area (Å²) in [5.41, 5.74) is 5.80. The second kappa shape index (κ2) is 11.2. The van der Waals surface area contributed by atoms with Gasteiger partial charge in [0.15, 0.2) is 5.72 Å². The molecular formula is C23H45N3O4. The van der Waals surface area contributed by atoms with Gasteiger partial charge in [-0.3, -0.25) is 4.79 Å². The fraction of sp³-hybridized carbons (Fsp3) is 0.957. The van der Waals surface area contributed by atoms with Crippen LogP contribution in [-0.2, 0) is 19.0 Å². The van der Waals surface area contributed by atoms with Crippen LogP contribution in [0.3, 0.4) is 0 Å². The molecule has 7 heteroatoms. The number of epoxide rings is 2. The van der Waals surface area contributed by atoms with Crippen molar-refractivity contribution in [1.82, 2.24) is 10.2 Å². The molecule has 2 saturated heterocycles. The minimum atomic E-state index is -0.719. The number of nitrogens with zero attached hydrogens (tertiary/aromatic N) is 1. The number of methoxy groups -OCH3 is 1. The Hall–Kier alpha value is -0.730. The van der Waals surface area contributed by atoms with Gasteiger partial charge in [-0.2, -0.15) is 0 Å². The van der Waals surface area contributed by atoms with E-state index in [2.05, 4.69) is 31.0 Å². The first-order valence-corrected chi connectivity index (χ1v) is 11.7. The number of carbonyl (C=O) groups is 1. The molecule has 0 radical (unpaired) electrons. The summed E-state index contributed by atoms with van der Waals surface area (Å²) in [6.07, 6.45) is 5.86. The summed E-state index contributed by atoms with van der Waals surface area (Å²) in [5, 5.41) is 3.02. The number of ether oxygens (including phenoxy) is 3. The first-order valence-electron chi connectivity index (χ1n) is 11.7. The summed E-state index contributed by atoms with van der Waals surface area (Å²) >= 11 is 0. The Kier molecular flexibility index (Phi) is 9.56. The van der Waals surface area contributed by atoms with Gasteiger partial charge in [-0.1, -0.05) is 27.2 Å². The van der Waals surface area contributed by atoms with Crippen molar-refractivity contribution < 1.29 is 19.0 Å². The quantitative estimate of drug-likeness (QED) is 0.290. The van der Waals surface area contributed by atoms with Crippen molar-refractivity contribution in [1.29, 1.82) is 0 Å². The van der Waals surface area contributed by atoms with Crippen LogP contribution in [0, 0.1) is 11.8 Å². The van der Waals surface area contributed by atoms with Crippen LogP contribution in [0.1, 0.15) is 65.7 Å². The molecule has 0 unspecified atom stereocenters. The summed E-state index contributed by atoms with van der Waals surface area (Å²) in [6, 6.07) is 0. The smallest absolute Gasteiger partial charge is 0.220 e. The Balaban J connectivity index is 1.96. The zero-order valence-electron chi connectivity index (χ0n) is 20.0. The highest BCUT2D eigenvalue weighted by Gasteiger charge is 2.70. The molecule has 30 heavy (non-hydrogen) atoms. The lowest BCUT2D eigenvalue weighted by Gasteiger charge is -2.34. The van der Waals surface area contributed by atoms with Crippen LogP contribution in [0.2, 0.25) is 0 Å². The van der Waals surface area contributed by atoms with E-state index in [1.54, 1.807) is 7.11 Å². The molecule has 0 bridgehead atoms. The molecule has 2 aliphatic heterocycles. The predicted molar refractivity (Wildman–Crippen MR) is 119 cm³/mol. The molecule has 7 nitrogen and oxygen atoms in total. The largest absolute Gasteiger partial charge is 0.381 e. The van der Waals surface area contributed by atoms with Crippen molar-refractivity contribution in [3.05, 3.63) is 0 Å². The maximum absolute atomic E-state index is 12.4. The van der Waals surface area contributed by atoms with Crippen LogP contribution in [0.15, 0.2) is 0 Å². The highest BCUT2D eigenvalue weighted by molar-refractivity contribution is 5.75. The molecule has 0 aliphatic carbocycles. The van der Waals surface area contributed by atoms with Crippen LogP contribution >= 0.6 is 0 Å².